The summed E-state index contributed by atoms with van der Waals surface area (Å²) in [5.74, 6) is 1.29. The molecule has 1 amide bonds. The van der Waals surface area contributed by atoms with Crippen LogP contribution < -0.4 is 10.1 Å². The van der Waals surface area contributed by atoms with Gasteiger partial charge in [-0.1, -0.05) is 38.1 Å². The SMILES string of the molecule is CC(C)COc1ccc(CCNC(=O)Cn2c(CS(C)(=O)=O)nc3ccccc32)cc1. The first-order chi connectivity index (χ1) is 14.7. The van der Waals surface area contributed by atoms with Crippen molar-refractivity contribution in [2.24, 2.45) is 5.92 Å². The monoisotopic (exact) mass is 443 g/mol. The van der Waals surface area contributed by atoms with Crippen LogP contribution in [0.4, 0.5) is 0 Å². The molecule has 0 radical (unpaired) electrons. The number of sulfone groups is 1. The van der Waals surface area contributed by atoms with E-state index < -0.39 is 9.84 Å². The first-order valence-electron chi connectivity index (χ1n) is 10.3. The molecule has 0 fully saturated rings. The van der Waals surface area contributed by atoms with Crippen LogP contribution in [0.2, 0.25) is 0 Å². The van der Waals surface area contributed by atoms with E-state index >= 15 is 0 Å². The van der Waals surface area contributed by atoms with Gasteiger partial charge in [-0.2, -0.15) is 0 Å². The molecular weight excluding hydrogens is 414 g/mol. The van der Waals surface area contributed by atoms with Gasteiger partial charge in [-0.15, -0.1) is 0 Å². The highest BCUT2D eigenvalue weighted by Crippen LogP contribution is 2.18. The van der Waals surface area contributed by atoms with E-state index in [1.807, 2.05) is 48.5 Å². The minimum atomic E-state index is -3.27. The molecule has 1 heterocycles. The Bertz CT molecular complexity index is 1140. The van der Waals surface area contributed by atoms with Crippen LogP contribution in [0.3, 0.4) is 0 Å². The van der Waals surface area contributed by atoms with Crippen molar-refractivity contribution in [3.05, 3.63) is 59.9 Å². The number of para-hydroxylation sites is 2. The van der Waals surface area contributed by atoms with Gasteiger partial charge in [-0.3, -0.25) is 4.79 Å². The molecular formula is C23H29N3O4S. The van der Waals surface area contributed by atoms with Gasteiger partial charge in [0, 0.05) is 12.8 Å². The third-order valence-corrected chi connectivity index (χ3v) is 5.45. The third-order valence-electron chi connectivity index (χ3n) is 4.67. The van der Waals surface area contributed by atoms with Crippen molar-refractivity contribution >= 4 is 26.8 Å². The lowest BCUT2D eigenvalue weighted by Gasteiger charge is -2.11. The van der Waals surface area contributed by atoms with Crippen molar-refractivity contribution in [2.45, 2.75) is 32.6 Å². The van der Waals surface area contributed by atoms with Crippen LogP contribution >= 0.6 is 0 Å². The smallest absolute Gasteiger partial charge is 0.240 e. The summed E-state index contributed by atoms with van der Waals surface area (Å²) in [6, 6.07) is 15.2. The third kappa shape index (κ3) is 6.82. The quantitative estimate of drug-likeness (QED) is 0.520. The van der Waals surface area contributed by atoms with Crippen LogP contribution in [-0.4, -0.2) is 43.3 Å². The van der Waals surface area contributed by atoms with E-state index in [0.717, 1.165) is 23.1 Å². The van der Waals surface area contributed by atoms with Gasteiger partial charge < -0.3 is 14.6 Å². The number of hydrogen-bond acceptors (Lipinski definition) is 5. The van der Waals surface area contributed by atoms with Crippen molar-refractivity contribution in [1.82, 2.24) is 14.9 Å². The first kappa shape index (κ1) is 22.8. The number of amides is 1. The highest BCUT2D eigenvalue weighted by atomic mass is 32.2. The van der Waals surface area contributed by atoms with E-state index in [2.05, 4.69) is 24.1 Å². The highest BCUT2D eigenvalue weighted by Gasteiger charge is 2.17. The maximum absolute atomic E-state index is 12.5. The van der Waals surface area contributed by atoms with Gasteiger partial charge in [0.1, 0.15) is 23.9 Å². The summed E-state index contributed by atoms with van der Waals surface area (Å²) in [7, 11) is -3.27. The fraction of sp³-hybridized carbons (Fsp3) is 0.391. The molecule has 0 aliphatic rings. The van der Waals surface area contributed by atoms with E-state index in [1.54, 1.807) is 4.57 Å². The lowest BCUT2D eigenvalue weighted by molar-refractivity contribution is -0.121. The molecule has 1 N–H and O–H groups in total. The summed E-state index contributed by atoms with van der Waals surface area (Å²) in [4.78, 5) is 16.9. The number of nitrogens with one attached hydrogen (secondary N) is 1. The maximum Gasteiger partial charge on any atom is 0.240 e. The zero-order valence-corrected chi connectivity index (χ0v) is 19.0. The number of benzene rings is 2. The van der Waals surface area contributed by atoms with Crippen molar-refractivity contribution in [1.29, 1.82) is 0 Å². The second-order valence-corrected chi connectivity index (χ2v) is 10.3. The molecule has 3 rings (SSSR count). The molecule has 3 aromatic rings. The second kappa shape index (κ2) is 9.96. The van der Waals surface area contributed by atoms with Crippen LogP contribution in [0.15, 0.2) is 48.5 Å². The van der Waals surface area contributed by atoms with E-state index in [-0.39, 0.29) is 18.2 Å². The Kier molecular flexibility index (Phi) is 7.33. The van der Waals surface area contributed by atoms with Crippen LogP contribution in [-0.2, 0) is 33.4 Å². The molecule has 0 atom stereocenters. The Labute approximate surface area is 183 Å². The number of carbonyl (C=O) groups is 1. The summed E-state index contributed by atoms with van der Waals surface area (Å²) in [6.45, 7) is 5.40. The molecule has 0 unspecified atom stereocenters. The van der Waals surface area contributed by atoms with E-state index in [4.69, 9.17) is 4.74 Å². The molecule has 31 heavy (non-hydrogen) atoms. The highest BCUT2D eigenvalue weighted by molar-refractivity contribution is 7.89. The van der Waals surface area contributed by atoms with E-state index in [1.165, 1.54) is 0 Å². The molecule has 8 heteroatoms. The largest absolute Gasteiger partial charge is 0.493 e. The van der Waals surface area contributed by atoms with Crippen molar-refractivity contribution in [2.75, 3.05) is 19.4 Å². The number of imidazole rings is 1. The lowest BCUT2D eigenvalue weighted by Crippen LogP contribution is -2.30. The number of rotatable bonds is 10. The summed E-state index contributed by atoms with van der Waals surface area (Å²) in [5, 5.41) is 2.91. The van der Waals surface area contributed by atoms with Crippen LogP contribution in [0.5, 0.6) is 5.75 Å². The van der Waals surface area contributed by atoms with Gasteiger partial charge in [0.25, 0.3) is 0 Å². The minimum absolute atomic E-state index is 0.0212. The summed E-state index contributed by atoms with van der Waals surface area (Å²) >= 11 is 0. The predicted molar refractivity (Wildman–Crippen MR) is 122 cm³/mol. The molecule has 1 aromatic heterocycles. The minimum Gasteiger partial charge on any atom is -0.493 e. The number of ether oxygens (including phenoxy) is 1. The standard InChI is InChI=1S/C23H29N3O4S/c1-17(2)15-30-19-10-8-18(9-11-19)12-13-24-23(27)14-26-21-7-5-4-6-20(21)25-22(26)16-31(3,28)29/h4-11,17H,12-16H2,1-3H3,(H,24,27). The fourth-order valence-electron chi connectivity index (χ4n) is 3.21. The number of nitrogens with zero attached hydrogens (tertiary/aromatic N) is 2. The number of hydrogen-bond donors (Lipinski definition) is 1. The molecule has 7 nitrogen and oxygen atoms in total. The zero-order valence-electron chi connectivity index (χ0n) is 18.2. The maximum atomic E-state index is 12.5. The summed E-state index contributed by atoms with van der Waals surface area (Å²) in [6.07, 6.45) is 1.85. The molecule has 166 valence electrons. The Morgan fingerprint density at radius 3 is 2.52 bits per heavy atom. The van der Waals surface area contributed by atoms with Crippen LogP contribution in [0, 0.1) is 5.92 Å². The Morgan fingerprint density at radius 2 is 1.84 bits per heavy atom. The number of fused-ring (bicyclic) bond motifs is 1. The van der Waals surface area contributed by atoms with Crippen molar-refractivity contribution in [3.8, 4) is 5.75 Å². The molecule has 0 aliphatic heterocycles. The molecule has 0 aliphatic carbocycles. The molecule has 0 spiro atoms. The summed E-state index contributed by atoms with van der Waals surface area (Å²) in [5.41, 5.74) is 2.52. The number of carbonyl (C=O) groups excluding carboxylic acids is 1. The Morgan fingerprint density at radius 1 is 1.13 bits per heavy atom. The second-order valence-electron chi connectivity index (χ2n) is 8.12. The summed E-state index contributed by atoms with van der Waals surface area (Å²) < 4.78 is 30.9. The Balaban J connectivity index is 1.58. The molecule has 0 bridgehead atoms. The van der Waals surface area contributed by atoms with Crippen molar-refractivity contribution in [3.63, 3.8) is 0 Å². The molecule has 0 saturated carbocycles. The number of aromatic nitrogens is 2. The lowest BCUT2D eigenvalue weighted by atomic mass is 10.1. The molecule has 0 saturated heterocycles. The van der Waals surface area contributed by atoms with Crippen molar-refractivity contribution < 1.29 is 17.9 Å². The zero-order chi connectivity index (χ0) is 22.4. The van der Waals surface area contributed by atoms with Gasteiger partial charge in [0.2, 0.25) is 5.91 Å². The fourth-order valence-corrected chi connectivity index (χ4v) is 3.90. The molecule has 2 aromatic carbocycles. The predicted octanol–water partition coefficient (Wildman–Crippen LogP) is 2.97. The normalized spacial score (nSPS) is 11.7. The topological polar surface area (TPSA) is 90.3 Å². The average Bonchev–Trinajstić information content (AvgIpc) is 3.02. The average molecular weight is 444 g/mol. The van der Waals surface area contributed by atoms with Gasteiger partial charge in [0.15, 0.2) is 9.84 Å². The first-order valence-corrected chi connectivity index (χ1v) is 12.4. The van der Waals surface area contributed by atoms with E-state index in [9.17, 15) is 13.2 Å². The van der Waals surface area contributed by atoms with Crippen LogP contribution in [0.1, 0.15) is 25.2 Å². The Hall–Kier alpha value is -2.87. The van der Waals surface area contributed by atoms with Crippen LogP contribution in [0.25, 0.3) is 11.0 Å². The van der Waals surface area contributed by atoms with E-state index in [0.29, 0.717) is 36.8 Å². The van der Waals surface area contributed by atoms with Gasteiger partial charge in [-0.05, 0) is 42.2 Å². The van der Waals surface area contributed by atoms with Gasteiger partial charge in [0.05, 0.1) is 17.6 Å². The van der Waals surface area contributed by atoms with Gasteiger partial charge in [-0.25, -0.2) is 13.4 Å². The van der Waals surface area contributed by atoms with Gasteiger partial charge >= 0.3 is 0 Å².